The zero-order valence-electron chi connectivity index (χ0n) is 19.1. The molecular formula is C26H19F6N3O2. The molecule has 37 heavy (non-hydrogen) atoms. The second kappa shape index (κ2) is 9.74. The first-order chi connectivity index (χ1) is 17.3. The monoisotopic (exact) mass is 519 g/mol. The number of rotatable bonds is 4. The molecule has 0 spiro atoms. The van der Waals surface area contributed by atoms with Gasteiger partial charge in [-0.25, -0.2) is 4.98 Å². The van der Waals surface area contributed by atoms with E-state index in [-0.39, 0.29) is 11.6 Å². The SMILES string of the molecule is Cc1ccc(C(=O)Nc2cc(C(F)(F)F)cc(C(F)(F)F)c2)cc1/C=C/c1cnc2c(c1)C=CC(O)N2. The first-order valence-corrected chi connectivity index (χ1v) is 10.8. The fourth-order valence-corrected chi connectivity index (χ4v) is 3.60. The van der Waals surface area contributed by atoms with E-state index in [1.807, 2.05) is 6.07 Å². The number of aryl methyl sites for hydroxylation is 1. The normalized spacial score (nSPS) is 15.4. The molecule has 2 heterocycles. The van der Waals surface area contributed by atoms with E-state index in [2.05, 4.69) is 15.6 Å². The highest BCUT2D eigenvalue weighted by Gasteiger charge is 2.37. The number of aliphatic hydroxyl groups is 1. The number of carbonyl (C=O) groups is 1. The second-order valence-electron chi connectivity index (χ2n) is 8.31. The van der Waals surface area contributed by atoms with Crippen molar-refractivity contribution in [2.24, 2.45) is 0 Å². The lowest BCUT2D eigenvalue weighted by atomic mass is 10.0. The standard InChI is InChI=1S/C26H19F6N3O2/c1-14-2-4-18(9-16(14)5-3-15-8-17-6-7-22(36)35-23(17)33-13-15)24(37)34-21-11-19(25(27,28)29)10-20(12-21)26(30,31)32/h2-13,22,36H,1H3,(H,33,35)(H,34,37)/b5-3+. The lowest BCUT2D eigenvalue weighted by molar-refractivity contribution is -0.143. The van der Waals surface area contributed by atoms with Gasteiger partial charge >= 0.3 is 12.4 Å². The van der Waals surface area contributed by atoms with Crippen LogP contribution in [0.15, 0.2) is 54.7 Å². The van der Waals surface area contributed by atoms with Crippen molar-refractivity contribution in [2.75, 3.05) is 10.6 Å². The molecule has 1 atom stereocenters. The molecule has 1 aromatic heterocycles. The van der Waals surface area contributed by atoms with Crippen LogP contribution < -0.4 is 10.6 Å². The van der Waals surface area contributed by atoms with Gasteiger partial charge in [0.15, 0.2) is 0 Å². The van der Waals surface area contributed by atoms with Gasteiger partial charge in [-0.3, -0.25) is 4.79 Å². The third-order valence-corrected chi connectivity index (χ3v) is 5.52. The van der Waals surface area contributed by atoms with Crippen LogP contribution in [0.2, 0.25) is 0 Å². The highest BCUT2D eigenvalue weighted by molar-refractivity contribution is 6.05. The Morgan fingerprint density at radius 3 is 2.32 bits per heavy atom. The van der Waals surface area contributed by atoms with Crippen molar-refractivity contribution in [1.82, 2.24) is 4.98 Å². The second-order valence-corrected chi connectivity index (χ2v) is 8.31. The Morgan fingerprint density at radius 1 is 1.00 bits per heavy atom. The lowest BCUT2D eigenvalue weighted by Gasteiger charge is -2.16. The molecule has 1 aliphatic heterocycles. The van der Waals surface area contributed by atoms with Crippen molar-refractivity contribution in [2.45, 2.75) is 25.5 Å². The fraction of sp³-hybridized carbons (Fsp3) is 0.154. The molecule has 0 saturated carbocycles. The van der Waals surface area contributed by atoms with Crippen LogP contribution in [0.25, 0.3) is 18.2 Å². The van der Waals surface area contributed by atoms with Gasteiger partial charge in [-0.1, -0.05) is 24.3 Å². The number of amides is 1. The van der Waals surface area contributed by atoms with Crippen LogP contribution in [0, 0.1) is 6.92 Å². The molecule has 0 radical (unpaired) electrons. The largest absolute Gasteiger partial charge is 0.416 e. The molecule has 0 fully saturated rings. The molecule has 3 aromatic rings. The molecule has 1 unspecified atom stereocenters. The molecular weight excluding hydrogens is 500 g/mol. The molecule has 1 amide bonds. The molecule has 0 saturated heterocycles. The Morgan fingerprint density at radius 2 is 1.68 bits per heavy atom. The maximum atomic E-state index is 13.1. The number of anilines is 2. The van der Waals surface area contributed by atoms with Crippen molar-refractivity contribution in [1.29, 1.82) is 0 Å². The number of aliphatic hydroxyl groups excluding tert-OH is 1. The number of fused-ring (bicyclic) bond motifs is 1. The van der Waals surface area contributed by atoms with Crippen LogP contribution in [0.4, 0.5) is 37.8 Å². The van der Waals surface area contributed by atoms with Gasteiger partial charge in [-0.2, -0.15) is 26.3 Å². The van der Waals surface area contributed by atoms with Crippen LogP contribution in [0.3, 0.4) is 0 Å². The highest BCUT2D eigenvalue weighted by Crippen LogP contribution is 2.37. The third-order valence-electron chi connectivity index (χ3n) is 5.52. The van der Waals surface area contributed by atoms with Crippen LogP contribution in [0.5, 0.6) is 0 Å². The van der Waals surface area contributed by atoms with E-state index in [0.717, 1.165) is 16.7 Å². The number of halogens is 6. The summed E-state index contributed by atoms with van der Waals surface area (Å²) in [7, 11) is 0. The molecule has 3 N–H and O–H groups in total. The zero-order valence-corrected chi connectivity index (χ0v) is 19.1. The average molecular weight is 519 g/mol. The zero-order chi connectivity index (χ0) is 27.0. The maximum Gasteiger partial charge on any atom is 0.416 e. The minimum atomic E-state index is -5.03. The summed E-state index contributed by atoms with van der Waals surface area (Å²) in [5, 5.41) is 14.5. The van der Waals surface area contributed by atoms with Crippen LogP contribution in [-0.2, 0) is 12.4 Å². The van der Waals surface area contributed by atoms with Crippen LogP contribution >= 0.6 is 0 Å². The van der Waals surface area contributed by atoms with E-state index >= 15 is 0 Å². The first-order valence-electron chi connectivity index (χ1n) is 10.8. The number of hydrogen-bond donors (Lipinski definition) is 3. The van der Waals surface area contributed by atoms with E-state index in [0.29, 0.717) is 23.5 Å². The van der Waals surface area contributed by atoms with E-state index in [4.69, 9.17) is 0 Å². The molecule has 1 aliphatic rings. The van der Waals surface area contributed by atoms with Gasteiger partial charge in [0.2, 0.25) is 0 Å². The smallest absolute Gasteiger partial charge is 0.370 e. The number of carbonyl (C=O) groups excluding carboxylic acids is 1. The predicted octanol–water partition coefficient (Wildman–Crippen LogP) is 6.61. The molecule has 5 nitrogen and oxygen atoms in total. The maximum absolute atomic E-state index is 13.1. The number of nitrogens with zero attached hydrogens (tertiary/aromatic N) is 1. The summed E-state index contributed by atoms with van der Waals surface area (Å²) in [6.07, 6.45) is -2.59. The highest BCUT2D eigenvalue weighted by atomic mass is 19.4. The van der Waals surface area contributed by atoms with Crippen LogP contribution in [-0.4, -0.2) is 22.2 Å². The summed E-state index contributed by atoms with van der Waals surface area (Å²) in [6, 6.07) is 7.23. The van der Waals surface area contributed by atoms with E-state index < -0.39 is 41.3 Å². The van der Waals surface area contributed by atoms with Crippen molar-refractivity contribution in [3.05, 3.63) is 93.7 Å². The van der Waals surface area contributed by atoms with Gasteiger partial charge in [-0.05, 0) is 66.1 Å². The molecule has 4 rings (SSSR count). The van der Waals surface area contributed by atoms with Gasteiger partial charge in [0, 0.05) is 23.0 Å². The predicted molar refractivity (Wildman–Crippen MR) is 127 cm³/mol. The van der Waals surface area contributed by atoms with Crippen LogP contribution in [0.1, 0.15) is 43.7 Å². The van der Waals surface area contributed by atoms with Crippen molar-refractivity contribution >= 4 is 35.6 Å². The van der Waals surface area contributed by atoms with E-state index in [1.165, 1.54) is 12.1 Å². The summed E-state index contributed by atoms with van der Waals surface area (Å²) in [5.74, 6) is -0.349. The van der Waals surface area contributed by atoms with Gasteiger partial charge in [0.05, 0.1) is 11.1 Å². The number of hydrogen-bond acceptors (Lipinski definition) is 4. The Balaban J connectivity index is 1.58. The quantitative estimate of drug-likeness (QED) is 0.339. The third kappa shape index (κ3) is 6.18. The summed E-state index contributed by atoms with van der Waals surface area (Å²) < 4.78 is 78.7. The summed E-state index contributed by atoms with van der Waals surface area (Å²) in [5.41, 5.74) is -0.767. The van der Waals surface area contributed by atoms with Gasteiger partial charge in [0.25, 0.3) is 5.91 Å². The first kappa shape index (κ1) is 26.0. The number of nitrogens with one attached hydrogen (secondary N) is 2. The van der Waals surface area contributed by atoms with Crippen molar-refractivity contribution in [3.63, 3.8) is 0 Å². The van der Waals surface area contributed by atoms with Gasteiger partial charge < -0.3 is 15.7 Å². The number of alkyl halides is 6. The fourth-order valence-electron chi connectivity index (χ4n) is 3.60. The summed E-state index contributed by atoms with van der Waals surface area (Å²) >= 11 is 0. The van der Waals surface area contributed by atoms with E-state index in [9.17, 15) is 36.2 Å². The number of aromatic nitrogens is 1. The average Bonchev–Trinajstić information content (AvgIpc) is 2.82. The minimum absolute atomic E-state index is 0.00596. The minimum Gasteiger partial charge on any atom is -0.370 e. The number of pyridine rings is 1. The van der Waals surface area contributed by atoms with Gasteiger partial charge in [0.1, 0.15) is 12.0 Å². The molecule has 192 valence electrons. The summed E-state index contributed by atoms with van der Waals surface area (Å²) in [6.45, 7) is 1.78. The Hall–Kier alpha value is -4.12. The van der Waals surface area contributed by atoms with E-state index in [1.54, 1.807) is 43.5 Å². The Labute approximate surface area is 207 Å². The van der Waals surface area contributed by atoms with Crippen molar-refractivity contribution in [3.8, 4) is 0 Å². The molecule has 0 bridgehead atoms. The topological polar surface area (TPSA) is 74.2 Å². The lowest BCUT2D eigenvalue weighted by Crippen LogP contribution is -2.19. The summed E-state index contributed by atoms with van der Waals surface area (Å²) in [4.78, 5) is 17.0. The molecule has 11 heteroatoms. The van der Waals surface area contributed by atoms with Crippen molar-refractivity contribution < 1.29 is 36.2 Å². The molecule has 0 aliphatic carbocycles. The number of benzene rings is 2. The Kier molecular flexibility index (Phi) is 6.83. The van der Waals surface area contributed by atoms with Gasteiger partial charge in [-0.15, -0.1) is 0 Å². The molecule has 2 aromatic carbocycles. The Bertz CT molecular complexity index is 1380.